The number of hydrogen-bond acceptors (Lipinski definition) is 2. The van der Waals surface area contributed by atoms with Crippen molar-refractivity contribution in [3.8, 4) is 0 Å². The molecule has 2 atom stereocenters. The minimum absolute atomic E-state index is 0.153. The third-order valence-corrected chi connectivity index (χ3v) is 3.10. The zero-order valence-electron chi connectivity index (χ0n) is 8.34. The SMILES string of the molecule is NC1CCNC(c2ccc(Cl)c(F)c2)C1. The molecule has 0 aliphatic carbocycles. The van der Waals surface area contributed by atoms with Crippen LogP contribution in [0.2, 0.25) is 5.02 Å². The third-order valence-electron chi connectivity index (χ3n) is 2.79. The van der Waals surface area contributed by atoms with Gasteiger partial charge in [-0.3, -0.25) is 0 Å². The molecular formula is C11H14ClFN2. The minimum atomic E-state index is -0.366. The Morgan fingerprint density at radius 2 is 2.27 bits per heavy atom. The van der Waals surface area contributed by atoms with Crippen LogP contribution in [0, 0.1) is 5.82 Å². The van der Waals surface area contributed by atoms with E-state index < -0.39 is 0 Å². The molecule has 1 aromatic rings. The van der Waals surface area contributed by atoms with Gasteiger partial charge in [-0.2, -0.15) is 0 Å². The number of piperidine rings is 1. The molecular weight excluding hydrogens is 215 g/mol. The molecule has 2 rings (SSSR count). The number of benzene rings is 1. The Morgan fingerprint density at radius 3 is 2.93 bits per heavy atom. The average molecular weight is 229 g/mol. The molecule has 0 amide bonds. The average Bonchev–Trinajstić information content (AvgIpc) is 2.22. The van der Waals surface area contributed by atoms with Crippen molar-refractivity contribution in [2.75, 3.05) is 6.54 Å². The van der Waals surface area contributed by atoms with Crippen molar-refractivity contribution in [2.24, 2.45) is 5.73 Å². The number of rotatable bonds is 1. The number of nitrogens with one attached hydrogen (secondary N) is 1. The summed E-state index contributed by atoms with van der Waals surface area (Å²) >= 11 is 5.63. The first-order valence-corrected chi connectivity index (χ1v) is 5.48. The van der Waals surface area contributed by atoms with Gasteiger partial charge in [-0.1, -0.05) is 17.7 Å². The lowest BCUT2D eigenvalue weighted by molar-refractivity contribution is 0.368. The summed E-state index contributed by atoms with van der Waals surface area (Å²) in [6, 6.07) is 5.28. The fraction of sp³-hybridized carbons (Fsp3) is 0.455. The van der Waals surface area contributed by atoms with Crippen molar-refractivity contribution in [3.63, 3.8) is 0 Å². The van der Waals surface area contributed by atoms with E-state index >= 15 is 0 Å². The second-order valence-corrected chi connectivity index (χ2v) is 4.37. The standard InChI is InChI=1S/C11H14ClFN2/c12-9-2-1-7(5-10(9)13)11-6-8(14)3-4-15-11/h1-2,5,8,11,15H,3-4,6,14H2. The van der Waals surface area contributed by atoms with Crippen molar-refractivity contribution in [1.29, 1.82) is 0 Å². The molecule has 1 fully saturated rings. The molecule has 0 radical (unpaired) electrons. The first kappa shape index (κ1) is 10.9. The van der Waals surface area contributed by atoms with Crippen LogP contribution in [0.1, 0.15) is 24.4 Å². The molecule has 1 heterocycles. The van der Waals surface area contributed by atoms with Gasteiger partial charge in [-0.05, 0) is 37.1 Å². The zero-order valence-corrected chi connectivity index (χ0v) is 9.10. The second kappa shape index (κ2) is 4.47. The minimum Gasteiger partial charge on any atom is -0.328 e. The van der Waals surface area contributed by atoms with Crippen molar-refractivity contribution < 1.29 is 4.39 Å². The summed E-state index contributed by atoms with van der Waals surface area (Å²) in [7, 11) is 0. The Hall–Kier alpha value is -0.640. The van der Waals surface area contributed by atoms with Crippen LogP contribution in [-0.2, 0) is 0 Å². The van der Waals surface area contributed by atoms with Gasteiger partial charge in [0.05, 0.1) is 5.02 Å². The van der Waals surface area contributed by atoms with Gasteiger partial charge in [-0.15, -0.1) is 0 Å². The van der Waals surface area contributed by atoms with Gasteiger partial charge in [0.2, 0.25) is 0 Å². The highest BCUT2D eigenvalue weighted by Gasteiger charge is 2.20. The summed E-state index contributed by atoms with van der Waals surface area (Å²) in [5, 5.41) is 3.49. The van der Waals surface area contributed by atoms with E-state index in [1.54, 1.807) is 6.07 Å². The van der Waals surface area contributed by atoms with E-state index in [4.69, 9.17) is 17.3 Å². The van der Waals surface area contributed by atoms with Crippen LogP contribution < -0.4 is 11.1 Å². The number of halogens is 2. The monoisotopic (exact) mass is 228 g/mol. The molecule has 1 aliphatic rings. The van der Waals surface area contributed by atoms with E-state index in [0.29, 0.717) is 0 Å². The van der Waals surface area contributed by atoms with Crippen LogP contribution in [0.5, 0.6) is 0 Å². The summed E-state index contributed by atoms with van der Waals surface area (Å²) in [5.41, 5.74) is 6.79. The van der Waals surface area contributed by atoms with Gasteiger partial charge in [0.25, 0.3) is 0 Å². The van der Waals surface area contributed by atoms with Crippen LogP contribution in [0.4, 0.5) is 4.39 Å². The van der Waals surface area contributed by atoms with Gasteiger partial charge in [0.1, 0.15) is 5.82 Å². The maximum atomic E-state index is 13.2. The van der Waals surface area contributed by atoms with E-state index in [0.717, 1.165) is 24.9 Å². The molecule has 4 heteroatoms. The molecule has 1 aliphatic heterocycles. The number of nitrogens with two attached hydrogens (primary N) is 1. The lowest BCUT2D eigenvalue weighted by Crippen LogP contribution is -2.38. The van der Waals surface area contributed by atoms with Crippen LogP contribution in [-0.4, -0.2) is 12.6 Å². The molecule has 82 valence electrons. The predicted molar refractivity (Wildman–Crippen MR) is 59.4 cm³/mol. The van der Waals surface area contributed by atoms with E-state index in [9.17, 15) is 4.39 Å². The van der Waals surface area contributed by atoms with Crippen LogP contribution in [0.3, 0.4) is 0 Å². The van der Waals surface area contributed by atoms with Crippen LogP contribution >= 0.6 is 11.6 Å². The summed E-state index contributed by atoms with van der Waals surface area (Å²) < 4.78 is 13.2. The topological polar surface area (TPSA) is 38.0 Å². The van der Waals surface area contributed by atoms with Crippen molar-refractivity contribution in [1.82, 2.24) is 5.32 Å². The van der Waals surface area contributed by atoms with Crippen LogP contribution in [0.15, 0.2) is 18.2 Å². The Morgan fingerprint density at radius 1 is 1.47 bits per heavy atom. The second-order valence-electron chi connectivity index (χ2n) is 3.96. The highest BCUT2D eigenvalue weighted by molar-refractivity contribution is 6.30. The molecule has 2 unspecified atom stereocenters. The highest BCUT2D eigenvalue weighted by atomic mass is 35.5. The van der Waals surface area contributed by atoms with Gasteiger partial charge >= 0.3 is 0 Å². The van der Waals surface area contributed by atoms with Gasteiger partial charge < -0.3 is 11.1 Å². The normalized spacial score (nSPS) is 26.6. The number of hydrogen-bond donors (Lipinski definition) is 2. The first-order chi connectivity index (χ1) is 7.16. The maximum Gasteiger partial charge on any atom is 0.142 e. The predicted octanol–water partition coefficient (Wildman–Crippen LogP) is 2.23. The van der Waals surface area contributed by atoms with E-state index in [1.165, 1.54) is 6.07 Å². The Labute approximate surface area is 93.6 Å². The van der Waals surface area contributed by atoms with Gasteiger partial charge in [0.15, 0.2) is 0 Å². The Bertz CT molecular complexity index is 356. The molecule has 1 aromatic carbocycles. The first-order valence-electron chi connectivity index (χ1n) is 5.10. The lowest BCUT2D eigenvalue weighted by atomic mass is 9.94. The molecule has 15 heavy (non-hydrogen) atoms. The zero-order chi connectivity index (χ0) is 10.8. The van der Waals surface area contributed by atoms with Crippen molar-refractivity contribution in [2.45, 2.75) is 24.9 Å². The lowest BCUT2D eigenvalue weighted by Gasteiger charge is -2.28. The fourth-order valence-electron chi connectivity index (χ4n) is 1.93. The highest BCUT2D eigenvalue weighted by Crippen LogP contribution is 2.25. The summed E-state index contributed by atoms with van der Waals surface area (Å²) in [6.07, 6.45) is 1.83. The molecule has 0 saturated carbocycles. The molecule has 1 saturated heterocycles. The fourth-order valence-corrected chi connectivity index (χ4v) is 2.05. The molecule has 0 bridgehead atoms. The van der Waals surface area contributed by atoms with Crippen molar-refractivity contribution >= 4 is 11.6 Å². The summed E-state index contributed by atoms with van der Waals surface area (Å²) in [6.45, 7) is 0.885. The third kappa shape index (κ3) is 2.48. The van der Waals surface area contributed by atoms with E-state index in [-0.39, 0.29) is 22.9 Å². The van der Waals surface area contributed by atoms with Crippen LogP contribution in [0.25, 0.3) is 0 Å². The largest absolute Gasteiger partial charge is 0.328 e. The molecule has 3 N–H and O–H groups in total. The quantitative estimate of drug-likeness (QED) is 0.774. The summed E-state index contributed by atoms with van der Waals surface area (Å²) in [5.74, 6) is -0.366. The van der Waals surface area contributed by atoms with Gasteiger partial charge in [0, 0.05) is 12.1 Å². The molecule has 0 aromatic heterocycles. The van der Waals surface area contributed by atoms with E-state index in [2.05, 4.69) is 5.32 Å². The smallest absolute Gasteiger partial charge is 0.142 e. The Balaban J connectivity index is 2.18. The summed E-state index contributed by atoms with van der Waals surface area (Å²) in [4.78, 5) is 0. The molecule has 2 nitrogen and oxygen atoms in total. The molecule has 0 spiro atoms. The van der Waals surface area contributed by atoms with E-state index in [1.807, 2.05) is 6.07 Å². The maximum absolute atomic E-state index is 13.2. The van der Waals surface area contributed by atoms with Gasteiger partial charge in [-0.25, -0.2) is 4.39 Å². The van der Waals surface area contributed by atoms with Crippen molar-refractivity contribution in [3.05, 3.63) is 34.6 Å². The Kier molecular flexibility index (Phi) is 3.24.